The summed E-state index contributed by atoms with van der Waals surface area (Å²) in [5.41, 5.74) is 7.80. The van der Waals surface area contributed by atoms with Gasteiger partial charge in [0, 0.05) is 11.8 Å². The van der Waals surface area contributed by atoms with E-state index in [1.165, 1.54) is 18.2 Å². The van der Waals surface area contributed by atoms with Crippen LogP contribution in [0, 0.1) is 0 Å². The van der Waals surface area contributed by atoms with Crippen molar-refractivity contribution >= 4 is 0 Å². The van der Waals surface area contributed by atoms with E-state index in [9.17, 15) is 13.2 Å². The Morgan fingerprint density at radius 3 is 2.57 bits per heavy atom. The molecule has 2 N–H and O–H groups in total. The van der Waals surface area contributed by atoms with Crippen LogP contribution in [0.5, 0.6) is 5.75 Å². The van der Waals surface area contributed by atoms with Crippen LogP contribution in [0.15, 0.2) is 42.6 Å². The van der Waals surface area contributed by atoms with E-state index in [0.29, 0.717) is 12.1 Å². The van der Waals surface area contributed by atoms with E-state index in [1.807, 2.05) is 13.0 Å². The maximum Gasteiger partial charge on any atom is 0.573 e. The van der Waals surface area contributed by atoms with E-state index in [0.717, 1.165) is 5.56 Å². The molecular formula is C15H15F3N2O. The Morgan fingerprint density at radius 2 is 1.90 bits per heavy atom. The molecule has 0 amide bonds. The quantitative estimate of drug-likeness (QED) is 0.938. The predicted octanol–water partition coefficient (Wildman–Crippen LogP) is 3.59. The molecule has 0 saturated heterocycles. The highest BCUT2D eigenvalue weighted by Gasteiger charge is 2.33. The zero-order valence-electron chi connectivity index (χ0n) is 11.4. The number of benzene rings is 1. The van der Waals surface area contributed by atoms with Crippen LogP contribution in [0.25, 0.3) is 0 Å². The molecule has 2 rings (SSSR count). The standard InChI is InChI=1S/C15H15F3N2O/c1-2-10-6-5-9-20-14(10)13(19)11-7-3-4-8-12(11)21-15(16,17)18/h3-9,13H,2,19H2,1H3. The maximum absolute atomic E-state index is 12.5. The fourth-order valence-corrected chi connectivity index (χ4v) is 2.13. The predicted molar refractivity (Wildman–Crippen MR) is 72.8 cm³/mol. The molecule has 0 fully saturated rings. The number of para-hydroxylation sites is 1. The van der Waals surface area contributed by atoms with Crippen LogP contribution in [-0.2, 0) is 6.42 Å². The summed E-state index contributed by atoms with van der Waals surface area (Å²) in [5.74, 6) is -0.301. The van der Waals surface area contributed by atoms with E-state index in [1.54, 1.807) is 18.3 Å². The molecule has 1 unspecified atom stereocenters. The van der Waals surface area contributed by atoms with Crippen molar-refractivity contribution in [3.8, 4) is 5.75 Å². The van der Waals surface area contributed by atoms with Gasteiger partial charge in [-0.1, -0.05) is 31.2 Å². The second-order valence-electron chi connectivity index (χ2n) is 4.46. The van der Waals surface area contributed by atoms with Gasteiger partial charge in [-0.3, -0.25) is 4.98 Å². The van der Waals surface area contributed by atoms with Gasteiger partial charge in [-0.25, -0.2) is 0 Å². The van der Waals surface area contributed by atoms with Crippen molar-refractivity contribution in [2.45, 2.75) is 25.7 Å². The van der Waals surface area contributed by atoms with Crippen LogP contribution in [-0.4, -0.2) is 11.3 Å². The number of rotatable bonds is 4. The number of aryl methyl sites for hydroxylation is 1. The Morgan fingerprint density at radius 1 is 1.19 bits per heavy atom. The van der Waals surface area contributed by atoms with Crippen molar-refractivity contribution in [2.75, 3.05) is 0 Å². The number of aromatic nitrogens is 1. The zero-order chi connectivity index (χ0) is 15.5. The van der Waals surface area contributed by atoms with Gasteiger partial charge in [0.2, 0.25) is 0 Å². The van der Waals surface area contributed by atoms with Crippen molar-refractivity contribution in [1.29, 1.82) is 0 Å². The summed E-state index contributed by atoms with van der Waals surface area (Å²) < 4.78 is 41.4. The Labute approximate surface area is 120 Å². The Kier molecular flexibility index (Phi) is 4.47. The minimum Gasteiger partial charge on any atom is -0.405 e. The summed E-state index contributed by atoms with van der Waals surface area (Å²) in [6.45, 7) is 1.94. The van der Waals surface area contributed by atoms with Crippen molar-refractivity contribution in [1.82, 2.24) is 4.98 Å². The molecule has 0 spiro atoms. The lowest BCUT2D eigenvalue weighted by atomic mass is 9.98. The molecule has 0 bridgehead atoms. The van der Waals surface area contributed by atoms with Gasteiger partial charge in [0.15, 0.2) is 0 Å². The first-order chi connectivity index (χ1) is 9.92. The summed E-state index contributed by atoms with van der Waals surface area (Å²) in [7, 11) is 0. The SMILES string of the molecule is CCc1cccnc1C(N)c1ccccc1OC(F)(F)F. The third kappa shape index (κ3) is 3.72. The van der Waals surface area contributed by atoms with Crippen molar-refractivity contribution in [2.24, 2.45) is 5.73 Å². The fourth-order valence-electron chi connectivity index (χ4n) is 2.13. The molecule has 0 aliphatic rings. The number of hydrogen-bond donors (Lipinski definition) is 1. The number of ether oxygens (including phenoxy) is 1. The minimum atomic E-state index is -4.76. The van der Waals surface area contributed by atoms with Gasteiger partial charge in [0.05, 0.1) is 11.7 Å². The molecule has 112 valence electrons. The average molecular weight is 296 g/mol. The Hall–Kier alpha value is -2.08. The molecule has 3 nitrogen and oxygen atoms in total. The third-order valence-corrected chi connectivity index (χ3v) is 3.08. The van der Waals surface area contributed by atoms with E-state index >= 15 is 0 Å². The van der Waals surface area contributed by atoms with Gasteiger partial charge in [0.1, 0.15) is 5.75 Å². The first kappa shape index (κ1) is 15.3. The smallest absolute Gasteiger partial charge is 0.405 e. The second-order valence-corrected chi connectivity index (χ2v) is 4.46. The molecule has 6 heteroatoms. The van der Waals surface area contributed by atoms with Gasteiger partial charge in [-0.05, 0) is 24.1 Å². The van der Waals surface area contributed by atoms with E-state index in [-0.39, 0.29) is 11.3 Å². The number of halogens is 3. The molecule has 1 heterocycles. The van der Waals surface area contributed by atoms with Crippen molar-refractivity contribution < 1.29 is 17.9 Å². The summed E-state index contributed by atoms with van der Waals surface area (Å²) in [5, 5.41) is 0. The molecule has 0 radical (unpaired) electrons. The Balaban J connectivity index is 2.42. The molecule has 2 aromatic rings. The molecule has 1 aromatic carbocycles. The summed E-state index contributed by atoms with van der Waals surface area (Å²) in [6.07, 6.45) is -2.49. The first-order valence-corrected chi connectivity index (χ1v) is 6.46. The average Bonchev–Trinajstić information content (AvgIpc) is 2.45. The van der Waals surface area contributed by atoms with Crippen LogP contribution < -0.4 is 10.5 Å². The number of hydrogen-bond acceptors (Lipinski definition) is 3. The normalized spacial score (nSPS) is 13.0. The summed E-state index contributed by atoms with van der Waals surface area (Å²) >= 11 is 0. The molecule has 1 aromatic heterocycles. The monoisotopic (exact) mass is 296 g/mol. The van der Waals surface area contributed by atoms with Crippen molar-refractivity contribution in [3.05, 3.63) is 59.4 Å². The highest BCUT2D eigenvalue weighted by Crippen LogP contribution is 2.32. The lowest BCUT2D eigenvalue weighted by Crippen LogP contribution is -2.21. The highest BCUT2D eigenvalue weighted by molar-refractivity contribution is 5.41. The lowest BCUT2D eigenvalue weighted by molar-refractivity contribution is -0.274. The molecule has 0 saturated carbocycles. The molecule has 1 atom stereocenters. The molecular weight excluding hydrogens is 281 g/mol. The molecule has 21 heavy (non-hydrogen) atoms. The largest absolute Gasteiger partial charge is 0.573 e. The van der Waals surface area contributed by atoms with E-state index in [4.69, 9.17) is 5.73 Å². The first-order valence-electron chi connectivity index (χ1n) is 6.46. The van der Waals surface area contributed by atoms with Gasteiger partial charge in [-0.15, -0.1) is 13.2 Å². The summed E-state index contributed by atoms with van der Waals surface area (Å²) in [6, 6.07) is 8.70. The van der Waals surface area contributed by atoms with E-state index < -0.39 is 12.4 Å². The number of nitrogens with zero attached hydrogens (tertiary/aromatic N) is 1. The van der Waals surface area contributed by atoms with Gasteiger partial charge < -0.3 is 10.5 Å². The third-order valence-electron chi connectivity index (χ3n) is 3.08. The number of pyridine rings is 1. The maximum atomic E-state index is 12.5. The van der Waals surface area contributed by atoms with Crippen LogP contribution in [0.4, 0.5) is 13.2 Å². The Bertz CT molecular complexity index is 614. The van der Waals surface area contributed by atoms with Gasteiger partial charge in [-0.2, -0.15) is 0 Å². The van der Waals surface area contributed by atoms with E-state index in [2.05, 4.69) is 9.72 Å². The number of alkyl halides is 3. The van der Waals surface area contributed by atoms with Gasteiger partial charge >= 0.3 is 6.36 Å². The van der Waals surface area contributed by atoms with Gasteiger partial charge in [0.25, 0.3) is 0 Å². The van der Waals surface area contributed by atoms with Crippen LogP contribution in [0.3, 0.4) is 0 Å². The zero-order valence-corrected chi connectivity index (χ0v) is 11.4. The highest BCUT2D eigenvalue weighted by atomic mass is 19.4. The van der Waals surface area contributed by atoms with Crippen LogP contribution >= 0.6 is 0 Å². The molecule has 0 aliphatic carbocycles. The van der Waals surface area contributed by atoms with Crippen molar-refractivity contribution in [3.63, 3.8) is 0 Å². The lowest BCUT2D eigenvalue weighted by Gasteiger charge is -2.19. The molecule has 0 aliphatic heterocycles. The van der Waals surface area contributed by atoms with Crippen LogP contribution in [0.1, 0.15) is 29.8 Å². The minimum absolute atomic E-state index is 0.253. The second kappa shape index (κ2) is 6.13. The summed E-state index contributed by atoms with van der Waals surface area (Å²) in [4.78, 5) is 4.20. The van der Waals surface area contributed by atoms with Crippen LogP contribution in [0.2, 0.25) is 0 Å². The topological polar surface area (TPSA) is 48.1 Å². The number of nitrogens with two attached hydrogens (primary N) is 1. The fraction of sp³-hybridized carbons (Fsp3) is 0.267.